The van der Waals surface area contributed by atoms with Crippen LogP contribution in [0.15, 0.2) is 48.6 Å². The van der Waals surface area contributed by atoms with E-state index < -0.39 is 12.1 Å². The Bertz CT molecular complexity index is 736. The van der Waals surface area contributed by atoms with Gasteiger partial charge in [0, 0.05) is 11.0 Å². The van der Waals surface area contributed by atoms with Crippen LogP contribution in [0, 0.1) is 0 Å². The smallest absolute Gasteiger partial charge is 0.333 e. The molecule has 0 aliphatic carbocycles. The minimum Gasteiger partial charge on any atom is -0.490 e. The van der Waals surface area contributed by atoms with Crippen molar-refractivity contribution in [1.29, 1.82) is 0 Å². The largest absolute Gasteiger partial charge is 0.490 e. The van der Waals surface area contributed by atoms with E-state index in [2.05, 4.69) is 25.6 Å². The Kier molecular flexibility index (Phi) is 7.02. The Balaban J connectivity index is 2.09. The highest BCUT2D eigenvalue weighted by molar-refractivity contribution is 5.89. The quantitative estimate of drug-likeness (QED) is 0.552. The van der Waals surface area contributed by atoms with Gasteiger partial charge in [0.15, 0.2) is 0 Å². The maximum Gasteiger partial charge on any atom is 0.333 e. The molecule has 0 saturated heterocycles. The Labute approximate surface area is 149 Å². The molecule has 0 bridgehead atoms. The summed E-state index contributed by atoms with van der Waals surface area (Å²) in [5, 5.41) is 12.2. The lowest BCUT2D eigenvalue weighted by Gasteiger charge is -2.17. The van der Waals surface area contributed by atoms with Crippen LogP contribution in [0.5, 0.6) is 5.75 Å². The summed E-state index contributed by atoms with van der Waals surface area (Å²) < 4.78 is 10.9. The molecular weight excluding hydrogens is 316 g/mol. The molecule has 4 heteroatoms. The van der Waals surface area contributed by atoms with Crippen LogP contribution in [0.4, 0.5) is 0 Å². The SMILES string of the molecule is C=C(C)C(=O)OCC(O)COc1c(CCCC)ccc2ccccc12. The number of ether oxygens (including phenoxy) is 2. The third-order valence-electron chi connectivity index (χ3n) is 3.94. The van der Waals surface area contributed by atoms with Gasteiger partial charge < -0.3 is 14.6 Å². The molecule has 0 saturated carbocycles. The van der Waals surface area contributed by atoms with Crippen LogP contribution in [0.1, 0.15) is 32.3 Å². The van der Waals surface area contributed by atoms with Crippen molar-refractivity contribution in [3.05, 3.63) is 54.1 Å². The van der Waals surface area contributed by atoms with Gasteiger partial charge in [-0.15, -0.1) is 0 Å². The van der Waals surface area contributed by atoms with Crippen molar-refractivity contribution in [2.45, 2.75) is 39.2 Å². The lowest BCUT2D eigenvalue weighted by molar-refractivity contribution is -0.142. The minimum atomic E-state index is -0.888. The lowest BCUT2D eigenvalue weighted by Crippen LogP contribution is -2.25. The van der Waals surface area contributed by atoms with Crippen LogP contribution in [0.2, 0.25) is 0 Å². The molecule has 1 unspecified atom stereocenters. The number of hydrogen-bond acceptors (Lipinski definition) is 4. The summed E-state index contributed by atoms with van der Waals surface area (Å²) in [5.41, 5.74) is 1.44. The van der Waals surface area contributed by atoms with Gasteiger partial charge in [-0.05, 0) is 30.7 Å². The summed E-state index contributed by atoms with van der Waals surface area (Å²) >= 11 is 0. The van der Waals surface area contributed by atoms with Crippen molar-refractivity contribution in [3.8, 4) is 5.75 Å². The van der Waals surface area contributed by atoms with Crippen LogP contribution in [-0.2, 0) is 16.0 Å². The predicted octanol–water partition coefficient (Wildman–Crippen LogP) is 4.04. The number of carbonyl (C=O) groups excluding carboxylic acids is 1. The Morgan fingerprint density at radius 1 is 1.20 bits per heavy atom. The van der Waals surface area contributed by atoms with Gasteiger partial charge in [0.25, 0.3) is 0 Å². The molecule has 0 aromatic heterocycles. The molecular formula is C21H26O4. The molecule has 0 radical (unpaired) electrons. The number of fused-ring (bicyclic) bond motifs is 1. The molecule has 0 aliphatic rings. The fourth-order valence-electron chi connectivity index (χ4n) is 2.55. The number of aryl methyl sites for hydroxylation is 1. The van der Waals surface area contributed by atoms with E-state index in [9.17, 15) is 9.90 Å². The maximum atomic E-state index is 11.4. The van der Waals surface area contributed by atoms with Gasteiger partial charge in [-0.3, -0.25) is 0 Å². The number of benzene rings is 2. The number of unbranched alkanes of at least 4 members (excludes halogenated alkanes) is 1. The number of hydrogen-bond donors (Lipinski definition) is 1. The first-order chi connectivity index (χ1) is 12.0. The van der Waals surface area contributed by atoms with Crippen LogP contribution < -0.4 is 4.74 Å². The Morgan fingerprint density at radius 3 is 2.68 bits per heavy atom. The Morgan fingerprint density at radius 2 is 1.96 bits per heavy atom. The number of carbonyl (C=O) groups is 1. The molecule has 0 amide bonds. The molecule has 2 aromatic carbocycles. The molecule has 1 atom stereocenters. The first-order valence-electron chi connectivity index (χ1n) is 8.67. The summed E-state index contributed by atoms with van der Waals surface area (Å²) in [6.07, 6.45) is 2.22. The summed E-state index contributed by atoms with van der Waals surface area (Å²) in [6, 6.07) is 12.2. The average Bonchev–Trinajstić information content (AvgIpc) is 2.62. The zero-order valence-corrected chi connectivity index (χ0v) is 15.0. The van der Waals surface area contributed by atoms with Crippen molar-refractivity contribution < 1.29 is 19.4 Å². The van der Waals surface area contributed by atoms with Crippen LogP contribution in [0.25, 0.3) is 10.8 Å². The highest BCUT2D eigenvalue weighted by atomic mass is 16.5. The van der Waals surface area contributed by atoms with Gasteiger partial charge in [0.2, 0.25) is 0 Å². The first-order valence-corrected chi connectivity index (χ1v) is 8.67. The molecule has 1 N–H and O–H groups in total. The molecule has 0 fully saturated rings. The highest BCUT2D eigenvalue weighted by Crippen LogP contribution is 2.31. The van der Waals surface area contributed by atoms with E-state index in [0.717, 1.165) is 41.3 Å². The zero-order valence-electron chi connectivity index (χ0n) is 15.0. The van der Waals surface area contributed by atoms with Crippen molar-refractivity contribution in [1.82, 2.24) is 0 Å². The Hall–Kier alpha value is -2.33. The predicted molar refractivity (Wildman–Crippen MR) is 99.8 cm³/mol. The second-order valence-electron chi connectivity index (χ2n) is 6.22. The summed E-state index contributed by atoms with van der Waals surface area (Å²) in [6.45, 7) is 7.19. The monoisotopic (exact) mass is 342 g/mol. The van der Waals surface area contributed by atoms with E-state index in [1.54, 1.807) is 6.92 Å². The standard InChI is InChI=1S/C21H26O4/c1-4-5-8-17-12-11-16-9-6-7-10-19(16)20(17)24-13-18(22)14-25-21(23)15(2)3/h6-7,9-12,18,22H,2,4-5,8,13-14H2,1,3H3. The van der Waals surface area contributed by atoms with Crippen LogP contribution >= 0.6 is 0 Å². The van der Waals surface area contributed by atoms with Gasteiger partial charge in [-0.25, -0.2) is 4.79 Å². The van der Waals surface area contributed by atoms with E-state index in [-0.39, 0.29) is 13.2 Å². The molecule has 4 nitrogen and oxygen atoms in total. The fraction of sp³-hybridized carbons (Fsp3) is 0.381. The molecule has 2 aromatic rings. The third-order valence-corrected chi connectivity index (χ3v) is 3.94. The van der Waals surface area contributed by atoms with Crippen molar-refractivity contribution >= 4 is 16.7 Å². The number of aliphatic hydroxyl groups excluding tert-OH is 1. The summed E-state index contributed by atoms with van der Waals surface area (Å²) in [7, 11) is 0. The van der Waals surface area contributed by atoms with Gasteiger partial charge in [-0.1, -0.05) is 56.3 Å². The highest BCUT2D eigenvalue weighted by Gasteiger charge is 2.13. The van der Waals surface area contributed by atoms with Gasteiger partial charge in [-0.2, -0.15) is 0 Å². The zero-order chi connectivity index (χ0) is 18.2. The molecule has 2 rings (SSSR count). The van der Waals surface area contributed by atoms with Crippen molar-refractivity contribution in [2.75, 3.05) is 13.2 Å². The van der Waals surface area contributed by atoms with Crippen molar-refractivity contribution in [2.24, 2.45) is 0 Å². The molecule has 134 valence electrons. The second-order valence-corrected chi connectivity index (χ2v) is 6.22. The van der Waals surface area contributed by atoms with E-state index in [0.29, 0.717) is 5.57 Å². The van der Waals surface area contributed by atoms with Gasteiger partial charge >= 0.3 is 5.97 Å². The van der Waals surface area contributed by atoms with Crippen LogP contribution in [0.3, 0.4) is 0 Å². The molecule has 25 heavy (non-hydrogen) atoms. The number of aliphatic hydroxyl groups is 1. The summed E-state index contributed by atoms with van der Waals surface area (Å²) in [4.78, 5) is 11.4. The van der Waals surface area contributed by atoms with E-state index in [1.807, 2.05) is 24.3 Å². The maximum absolute atomic E-state index is 11.4. The van der Waals surface area contributed by atoms with Crippen molar-refractivity contribution in [3.63, 3.8) is 0 Å². The number of rotatable bonds is 9. The summed E-state index contributed by atoms with van der Waals surface area (Å²) in [5.74, 6) is 0.296. The van der Waals surface area contributed by atoms with Gasteiger partial charge in [0.05, 0.1) is 0 Å². The van der Waals surface area contributed by atoms with Gasteiger partial charge in [0.1, 0.15) is 25.1 Å². The fourth-order valence-corrected chi connectivity index (χ4v) is 2.55. The second kappa shape index (κ2) is 9.23. The average molecular weight is 342 g/mol. The molecule has 0 heterocycles. The topological polar surface area (TPSA) is 55.8 Å². The van der Waals surface area contributed by atoms with E-state index in [1.165, 1.54) is 0 Å². The molecule has 0 aliphatic heterocycles. The minimum absolute atomic E-state index is 0.0661. The third kappa shape index (κ3) is 5.33. The lowest BCUT2D eigenvalue weighted by atomic mass is 10.0. The van der Waals surface area contributed by atoms with E-state index >= 15 is 0 Å². The number of esters is 1. The first kappa shape index (κ1) is 19.0. The molecule has 0 spiro atoms. The van der Waals surface area contributed by atoms with Crippen LogP contribution in [-0.4, -0.2) is 30.4 Å². The van der Waals surface area contributed by atoms with E-state index in [4.69, 9.17) is 9.47 Å². The normalized spacial score (nSPS) is 12.0.